The van der Waals surface area contributed by atoms with E-state index in [2.05, 4.69) is 20.8 Å². The molecule has 2 unspecified atom stereocenters. The van der Waals surface area contributed by atoms with E-state index in [1.807, 2.05) is 0 Å². The van der Waals surface area contributed by atoms with Crippen molar-refractivity contribution in [1.29, 1.82) is 0 Å². The highest BCUT2D eigenvalue weighted by Crippen LogP contribution is 2.52. The van der Waals surface area contributed by atoms with Gasteiger partial charge in [0.15, 0.2) is 12.4 Å². The van der Waals surface area contributed by atoms with Crippen molar-refractivity contribution < 1.29 is 59.2 Å². The maximum absolute atomic E-state index is 14.0. The van der Waals surface area contributed by atoms with E-state index in [0.29, 0.717) is 6.92 Å². The molecule has 0 amide bonds. The maximum atomic E-state index is 14.0. The van der Waals surface area contributed by atoms with Crippen molar-refractivity contribution in [2.45, 2.75) is 36.6 Å². The van der Waals surface area contributed by atoms with Crippen molar-refractivity contribution in [3.63, 3.8) is 0 Å². The van der Waals surface area contributed by atoms with Gasteiger partial charge in [0, 0.05) is 0 Å². The summed E-state index contributed by atoms with van der Waals surface area (Å²) in [5.74, 6) is -12.4. The highest BCUT2D eigenvalue weighted by atomic mass is 19.4. The van der Waals surface area contributed by atoms with E-state index < -0.39 is 54.6 Å². The Balaban J connectivity index is 3.02. The predicted molar refractivity (Wildman–Crippen MR) is 57.5 cm³/mol. The number of carbonyl (C=O) groups is 1. The number of rotatable bonds is 3. The highest BCUT2D eigenvalue weighted by molar-refractivity contribution is 5.89. The number of carbonyl (C=O) groups excluding carboxylic acids is 1. The molecule has 0 bridgehead atoms. The first-order chi connectivity index (χ1) is 10.5. The van der Waals surface area contributed by atoms with E-state index in [1.54, 1.807) is 0 Å². The molecule has 1 aliphatic rings. The Morgan fingerprint density at radius 1 is 1.21 bits per heavy atom. The third kappa shape index (κ3) is 3.19. The minimum atomic E-state index is -5.97. The summed E-state index contributed by atoms with van der Waals surface area (Å²) in [4.78, 5) is 11.1. The summed E-state index contributed by atoms with van der Waals surface area (Å²) in [7, 11) is 0. The fraction of sp³-hybridized carbons (Fsp3) is 0.727. The molecule has 1 heterocycles. The molecule has 0 radical (unpaired) electrons. The van der Waals surface area contributed by atoms with Gasteiger partial charge in [-0.05, 0) is 6.92 Å². The lowest BCUT2D eigenvalue weighted by Gasteiger charge is -2.48. The van der Waals surface area contributed by atoms with Crippen LogP contribution in [-0.4, -0.2) is 54.1 Å². The Bertz CT molecular complexity index is 527. The third-order valence-corrected chi connectivity index (χ3v) is 3.19. The van der Waals surface area contributed by atoms with Crippen LogP contribution in [0.4, 0.5) is 35.1 Å². The molecule has 0 aromatic heterocycles. The van der Waals surface area contributed by atoms with Gasteiger partial charge < -0.3 is 19.3 Å². The average Bonchev–Trinajstić information content (AvgIpc) is 2.39. The summed E-state index contributed by atoms with van der Waals surface area (Å²) in [6.45, 7) is -0.591. The smallest absolute Gasteiger partial charge is 0.449 e. The van der Waals surface area contributed by atoms with E-state index >= 15 is 0 Å². The molecule has 2 atom stereocenters. The first-order valence-electron chi connectivity index (χ1n) is 5.88. The van der Waals surface area contributed by atoms with Gasteiger partial charge in [-0.3, -0.25) is 0 Å². The van der Waals surface area contributed by atoms with Crippen molar-refractivity contribution >= 4 is 5.97 Å². The van der Waals surface area contributed by atoms with E-state index in [0.717, 1.165) is 0 Å². The fourth-order valence-electron chi connectivity index (χ4n) is 1.58. The zero-order chi connectivity index (χ0) is 19.2. The van der Waals surface area contributed by atoms with Crippen molar-refractivity contribution in [3.8, 4) is 0 Å². The molecule has 1 N–H and O–H groups in total. The van der Waals surface area contributed by atoms with Gasteiger partial charge in [0.2, 0.25) is 0 Å². The van der Waals surface area contributed by atoms with Gasteiger partial charge in [-0.15, -0.1) is 0 Å². The number of ether oxygens (including phenoxy) is 3. The summed E-state index contributed by atoms with van der Waals surface area (Å²) < 4.78 is 114. The molecule has 0 aromatic rings. The van der Waals surface area contributed by atoms with Crippen LogP contribution in [0.3, 0.4) is 0 Å². The van der Waals surface area contributed by atoms with Crippen LogP contribution < -0.4 is 0 Å². The normalized spacial score (nSPS) is 30.8. The average molecular weight is 374 g/mol. The van der Waals surface area contributed by atoms with E-state index in [9.17, 15) is 39.9 Å². The largest absolute Gasteiger partial charge is 0.459 e. The zero-order valence-electron chi connectivity index (χ0n) is 11.7. The van der Waals surface area contributed by atoms with Crippen LogP contribution in [0.5, 0.6) is 0 Å². The molecule has 0 aliphatic carbocycles. The predicted octanol–water partition coefficient (Wildman–Crippen LogP) is 2.30. The van der Waals surface area contributed by atoms with Gasteiger partial charge in [0.1, 0.15) is 12.2 Å². The Hall–Kier alpha value is -1.47. The zero-order valence-corrected chi connectivity index (χ0v) is 11.7. The van der Waals surface area contributed by atoms with Crippen molar-refractivity contribution in [2.75, 3.05) is 13.4 Å². The molecule has 13 heteroatoms. The van der Waals surface area contributed by atoms with Crippen LogP contribution >= 0.6 is 0 Å². The first-order valence-corrected chi connectivity index (χ1v) is 5.88. The van der Waals surface area contributed by atoms with Crippen LogP contribution in [-0.2, 0) is 19.0 Å². The Kier molecular flexibility index (Phi) is 4.98. The molecule has 5 nitrogen and oxygen atoms in total. The number of halogens is 8. The lowest BCUT2D eigenvalue weighted by atomic mass is 9.89. The number of hydrogen-bond acceptors (Lipinski definition) is 5. The molecule has 24 heavy (non-hydrogen) atoms. The van der Waals surface area contributed by atoms with E-state index in [1.165, 1.54) is 0 Å². The molecule has 1 rings (SSSR count). The number of hydrogen-bond donors (Lipinski definition) is 1. The fourth-order valence-corrected chi connectivity index (χ4v) is 1.58. The lowest BCUT2D eigenvalue weighted by Crippen LogP contribution is -2.74. The third-order valence-electron chi connectivity index (χ3n) is 3.19. The monoisotopic (exact) mass is 374 g/mol. The van der Waals surface area contributed by atoms with Crippen LogP contribution in [0, 0.1) is 0 Å². The summed E-state index contributed by atoms with van der Waals surface area (Å²) >= 11 is 0. The number of esters is 1. The van der Waals surface area contributed by atoms with Gasteiger partial charge in [-0.2, -0.15) is 35.1 Å². The second kappa shape index (κ2) is 5.81. The SMILES string of the molecule is C=C(C(=O)OCC1(C)OCOC(O)(C(F)(F)F)C1(F)F)C(F)(F)F. The van der Waals surface area contributed by atoms with Crippen LogP contribution in [0.1, 0.15) is 6.92 Å². The van der Waals surface area contributed by atoms with Crippen molar-refractivity contribution in [1.82, 2.24) is 0 Å². The Morgan fingerprint density at radius 3 is 2.12 bits per heavy atom. The number of alkyl halides is 8. The molecule has 0 spiro atoms. The topological polar surface area (TPSA) is 65.0 Å². The molecule has 1 aliphatic heterocycles. The molecule has 140 valence electrons. The Morgan fingerprint density at radius 2 is 1.71 bits per heavy atom. The quantitative estimate of drug-likeness (QED) is 0.467. The van der Waals surface area contributed by atoms with Crippen LogP contribution in [0.25, 0.3) is 0 Å². The van der Waals surface area contributed by atoms with Gasteiger partial charge in [0.05, 0.1) is 0 Å². The van der Waals surface area contributed by atoms with E-state index in [-0.39, 0.29) is 0 Å². The lowest BCUT2D eigenvalue weighted by molar-refractivity contribution is -0.501. The summed E-state index contributed by atoms with van der Waals surface area (Å²) in [5.41, 5.74) is -5.38. The second-order valence-electron chi connectivity index (χ2n) is 4.91. The Labute approximate surface area is 128 Å². The second-order valence-corrected chi connectivity index (χ2v) is 4.91. The maximum Gasteiger partial charge on any atom is 0.449 e. The van der Waals surface area contributed by atoms with Gasteiger partial charge in [-0.1, -0.05) is 6.58 Å². The molecule has 1 fully saturated rings. The van der Waals surface area contributed by atoms with E-state index in [4.69, 9.17) is 5.11 Å². The molecule has 1 saturated heterocycles. The van der Waals surface area contributed by atoms with Crippen LogP contribution in [0.2, 0.25) is 0 Å². The van der Waals surface area contributed by atoms with Crippen LogP contribution in [0.15, 0.2) is 12.2 Å². The van der Waals surface area contributed by atoms with Crippen molar-refractivity contribution in [2.24, 2.45) is 0 Å². The molecule has 0 saturated carbocycles. The summed E-state index contributed by atoms with van der Waals surface area (Å²) in [5, 5.41) is 9.16. The van der Waals surface area contributed by atoms with Gasteiger partial charge >= 0.3 is 30.0 Å². The minimum absolute atomic E-state index is 0.301. The van der Waals surface area contributed by atoms with Gasteiger partial charge in [-0.25, -0.2) is 4.79 Å². The number of aliphatic hydroxyl groups is 1. The summed E-state index contributed by atoms with van der Waals surface area (Å²) in [6.07, 6.45) is -11.2. The first kappa shape index (κ1) is 20.6. The molecular formula is C11H10F8O5. The summed E-state index contributed by atoms with van der Waals surface area (Å²) in [6, 6.07) is 0. The van der Waals surface area contributed by atoms with Gasteiger partial charge in [0.25, 0.3) is 0 Å². The standard InChI is InChI=1S/C11H10F8O5/c1-5(8(12,13)14)6(20)22-3-7(2)9(15,16)10(21,11(17,18)19)24-4-23-7/h21H,1,3-4H2,2H3. The highest BCUT2D eigenvalue weighted by Gasteiger charge is 2.79. The minimum Gasteiger partial charge on any atom is -0.459 e. The van der Waals surface area contributed by atoms with Crippen molar-refractivity contribution in [3.05, 3.63) is 12.2 Å². The molecule has 0 aromatic carbocycles. The molecular weight excluding hydrogens is 364 g/mol.